The first-order valence-electron chi connectivity index (χ1n) is 8.15. The van der Waals surface area contributed by atoms with Gasteiger partial charge in [0.05, 0.1) is 12.0 Å². The molecule has 0 amide bonds. The van der Waals surface area contributed by atoms with Crippen molar-refractivity contribution in [1.82, 2.24) is 0 Å². The molecule has 0 bridgehead atoms. The van der Waals surface area contributed by atoms with Crippen molar-refractivity contribution in [1.29, 1.82) is 0 Å². The summed E-state index contributed by atoms with van der Waals surface area (Å²) in [6.45, 7) is 0. The number of rotatable bonds is 1. The second-order valence-corrected chi connectivity index (χ2v) is 6.92. The second kappa shape index (κ2) is 5.72. The number of carbonyl (C=O) groups is 1. The van der Waals surface area contributed by atoms with Crippen molar-refractivity contribution >= 4 is 5.78 Å². The number of aliphatic hydroxyl groups is 3. The Labute approximate surface area is 125 Å². The molecule has 0 aliphatic heterocycles. The molecule has 4 nitrogen and oxygen atoms in total. The Hall–Kier alpha value is -0.890. The molecule has 0 heterocycles. The van der Waals surface area contributed by atoms with E-state index in [1.807, 2.05) is 0 Å². The highest BCUT2D eigenvalue weighted by Crippen LogP contribution is 2.48. The van der Waals surface area contributed by atoms with Crippen molar-refractivity contribution in [2.45, 2.75) is 69.2 Å². The predicted molar refractivity (Wildman–Crippen MR) is 77.2 cm³/mol. The molecule has 3 N–H and O–H groups in total. The topological polar surface area (TPSA) is 77.8 Å². The maximum atomic E-state index is 11.6. The van der Waals surface area contributed by atoms with E-state index in [1.165, 1.54) is 6.42 Å². The molecule has 0 radical (unpaired) electrons. The van der Waals surface area contributed by atoms with Crippen LogP contribution in [-0.4, -0.2) is 38.9 Å². The minimum atomic E-state index is -1.27. The summed E-state index contributed by atoms with van der Waals surface area (Å²) in [4.78, 5) is 11.6. The summed E-state index contributed by atoms with van der Waals surface area (Å²) < 4.78 is 0. The van der Waals surface area contributed by atoms with Gasteiger partial charge in [0.15, 0.2) is 5.78 Å². The highest BCUT2D eigenvalue weighted by Gasteiger charge is 2.59. The maximum Gasteiger partial charge on any atom is 0.165 e. The van der Waals surface area contributed by atoms with Gasteiger partial charge in [-0.15, -0.1) is 0 Å². The minimum Gasteiger partial charge on any atom is -0.392 e. The van der Waals surface area contributed by atoms with Gasteiger partial charge in [-0.3, -0.25) is 4.79 Å². The second-order valence-electron chi connectivity index (χ2n) is 6.92. The highest BCUT2D eigenvalue weighted by atomic mass is 16.3. The van der Waals surface area contributed by atoms with Crippen molar-refractivity contribution in [2.75, 3.05) is 0 Å². The number of carbonyl (C=O) groups excluding carboxylic acids is 1. The Morgan fingerprint density at radius 3 is 2.57 bits per heavy atom. The van der Waals surface area contributed by atoms with Crippen LogP contribution in [0.4, 0.5) is 0 Å². The molecule has 3 fully saturated rings. The lowest BCUT2D eigenvalue weighted by Gasteiger charge is -2.51. The molecule has 0 aromatic heterocycles. The Morgan fingerprint density at radius 2 is 1.90 bits per heavy atom. The maximum absolute atomic E-state index is 11.6. The number of ketones is 1. The van der Waals surface area contributed by atoms with E-state index in [4.69, 9.17) is 0 Å². The van der Waals surface area contributed by atoms with Gasteiger partial charge in [0.2, 0.25) is 0 Å². The van der Waals surface area contributed by atoms with Crippen LogP contribution in [0.25, 0.3) is 0 Å². The summed E-state index contributed by atoms with van der Waals surface area (Å²) in [6.07, 6.45) is 5.32. The first-order valence-corrected chi connectivity index (χ1v) is 8.15. The summed E-state index contributed by atoms with van der Waals surface area (Å²) in [5.41, 5.74) is -1.27. The minimum absolute atomic E-state index is 0.126. The quantitative estimate of drug-likeness (QED) is 0.631. The van der Waals surface area contributed by atoms with Gasteiger partial charge in [-0.25, -0.2) is 0 Å². The Bertz CT molecular complexity index is 471. The van der Waals surface area contributed by atoms with Crippen molar-refractivity contribution in [3.05, 3.63) is 0 Å². The van der Waals surface area contributed by atoms with E-state index < -0.39 is 17.8 Å². The van der Waals surface area contributed by atoms with Crippen molar-refractivity contribution in [3.8, 4) is 11.8 Å². The fourth-order valence-electron chi connectivity index (χ4n) is 4.13. The summed E-state index contributed by atoms with van der Waals surface area (Å²) in [5.74, 6) is 5.33. The van der Waals surface area contributed by atoms with Crippen LogP contribution >= 0.6 is 0 Å². The van der Waals surface area contributed by atoms with Gasteiger partial charge in [-0.05, 0) is 31.6 Å². The molecule has 0 aromatic rings. The van der Waals surface area contributed by atoms with Gasteiger partial charge >= 0.3 is 0 Å². The molecule has 116 valence electrons. The molecule has 0 aromatic carbocycles. The summed E-state index contributed by atoms with van der Waals surface area (Å²) >= 11 is 0. The van der Waals surface area contributed by atoms with E-state index in [-0.39, 0.29) is 23.5 Å². The van der Waals surface area contributed by atoms with Gasteiger partial charge in [-0.1, -0.05) is 31.1 Å². The lowest BCUT2D eigenvalue weighted by atomic mass is 9.56. The number of hydrogen-bond donors (Lipinski definition) is 3. The van der Waals surface area contributed by atoms with Crippen molar-refractivity contribution in [2.24, 2.45) is 17.8 Å². The SMILES string of the molecule is O=C1CC2C(C#CC(O)C3CCCCC3)C(O)CCC12O. The molecule has 0 saturated heterocycles. The van der Waals surface area contributed by atoms with Crippen molar-refractivity contribution < 1.29 is 20.1 Å². The summed E-state index contributed by atoms with van der Waals surface area (Å²) in [7, 11) is 0. The van der Waals surface area contributed by atoms with E-state index in [0.717, 1.165) is 25.7 Å². The molecule has 3 saturated carbocycles. The Kier molecular flexibility index (Phi) is 4.09. The van der Waals surface area contributed by atoms with E-state index in [1.54, 1.807) is 0 Å². The van der Waals surface area contributed by atoms with Crippen LogP contribution in [0.15, 0.2) is 0 Å². The van der Waals surface area contributed by atoms with Crippen LogP contribution in [-0.2, 0) is 4.79 Å². The zero-order valence-electron chi connectivity index (χ0n) is 12.3. The average molecular weight is 292 g/mol. The van der Waals surface area contributed by atoms with Gasteiger partial charge in [0, 0.05) is 12.3 Å². The first kappa shape index (κ1) is 15.0. The Balaban J connectivity index is 1.68. The van der Waals surface area contributed by atoms with E-state index >= 15 is 0 Å². The molecular formula is C17H24O4. The van der Waals surface area contributed by atoms with Crippen LogP contribution in [0.2, 0.25) is 0 Å². The first-order chi connectivity index (χ1) is 10.0. The zero-order chi connectivity index (χ0) is 15.0. The van der Waals surface area contributed by atoms with Gasteiger partial charge in [-0.2, -0.15) is 0 Å². The third-order valence-corrected chi connectivity index (χ3v) is 5.67. The number of Topliss-reactive ketones (excluding diaryl/α,β-unsaturated/α-hetero) is 1. The highest BCUT2D eigenvalue weighted by molar-refractivity contribution is 5.94. The normalized spacial score (nSPS) is 41.5. The molecule has 4 heteroatoms. The number of aliphatic hydroxyl groups excluding tert-OH is 2. The van der Waals surface area contributed by atoms with Crippen LogP contribution in [0.1, 0.15) is 51.4 Å². The Morgan fingerprint density at radius 1 is 1.19 bits per heavy atom. The van der Waals surface area contributed by atoms with Crippen LogP contribution in [0, 0.1) is 29.6 Å². The van der Waals surface area contributed by atoms with Crippen LogP contribution < -0.4 is 0 Å². The fraction of sp³-hybridized carbons (Fsp3) is 0.824. The summed E-state index contributed by atoms with van der Waals surface area (Å²) in [5, 5.41) is 30.6. The fourth-order valence-corrected chi connectivity index (χ4v) is 4.13. The van der Waals surface area contributed by atoms with Crippen LogP contribution in [0.3, 0.4) is 0 Å². The van der Waals surface area contributed by atoms with E-state index in [2.05, 4.69) is 11.8 Å². The third-order valence-electron chi connectivity index (χ3n) is 5.67. The number of fused-ring (bicyclic) bond motifs is 1. The molecule has 3 aliphatic carbocycles. The third kappa shape index (κ3) is 2.63. The molecule has 5 atom stereocenters. The molecule has 3 rings (SSSR count). The van der Waals surface area contributed by atoms with Crippen LogP contribution in [0.5, 0.6) is 0 Å². The lowest BCUT2D eigenvalue weighted by molar-refractivity contribution is -0.181. The number of hydrogen-bond acceptors (Lipinski definition) is 4. The zero-order valence-corrected chi connectivity index (χ0v) is 12.3. The molecule has 5 unspecified atom stereocenters. The standard InChI is InChI=1S/C17H24O4/c18-14(11-4-2-1-3-5-11)7-6-12-13-10-16(20)17(13,21)9-8-15(12)19/h11-15,18-19,21H,1-5,8-10H2. The smallest absolute Gasteiger partial charge is 0.165 e. The lowest BCUT2D eigenvalue weighted by Crippen LogP contribution is -2.63. The average Bonchev–Trinajstić information content (AvgIpc) is 2.51. The van der Waals surface area contributed by atoms with Gasteiger partial charge in [0.25, 0.3) is 0 Å². The largest absolute Gasteiger partial charge is 0.392 e. The molecular weight excluding hydrogens is 268 g/mol. The monoisotopic (exact) mass is 292 g/mol. The molecule has 3 aliphatic rings. The molecule has 21 heavy (non-hydrogen) atoms. The van der Waals surface area contributed by atoms with Gasteiger partial charge < -0.3 is 15.3 Å². The van der Waals surface area contributed by atoms with E-state index in [0.29, 0.717) is 19.3 Å². The van der Waals surface area contributed by atoms with Crippen molar-refractivity contribution in [3.63, 3.8) is 0 Å². The molecule has 0 spiro atoms. The summed E-state index contributed by atoms with van der Waals surface area (Å²) in [6, 6.07) is 0. The predicted octanol–water partition coefficient (Wildman–Crippen LogP) is 1.02. The van der Waals surface area contributed by atoms with Gasteiger partial charge in [0.1, 0.15) is 11.7 Å². The van der Waals surface area contributed by atoms with E-state index in [9.17, 15) is 20.1 Å².